The molecule has 1 atom stereocenters. The van der Waals surface area contributed by atoms with Crippen LogP contribution in [0.25, 0.3) is 0 Å². The maximum Gasteiger partial charge on any atom is 0.220 e. The highest BCUT2D eigenvalue weighted by Crippen LogP contribution is 2.12. The first-order valence-electron chi connectivity index (χ1n) is 5.94. The third-order valence-corrected chi connectivity index (χ3v) is 2.71. The van der Waals surface area contributed by atoms with E-state index >= 15 is 0 Å². The molecule has 5 nitrogen and oxygen atoms in total. The first-order chi connectivity index (χ1) is 8.00. The fraction of sp³-hybridized carbons (Fsp3) is 0.667. The number of rotatable bonds is 6. The van der Waals surface area contributed by atoms with Crippen molar-refractivity contribution >= 4 is 5.91 Å². The van der Waals surface area contributed by atoms with Crippen LogP contribution in [0.15, 0.2) is 4.52 Å². The quantitative estimate of drug-likeness (QED) is 0.778. The summed E-state index contributed by atoms with van der Waals surface area (Å²) in [6, 6.07) is 0.0725. The average Bonchev–Trinajstić information content (AvgIpc) is 2.57. The molecule has 0 aromatic carbocycles. The van der Waals surface area contributed by atoms with Crippen LogP contribution in [0.4, 0.5) is 0 Å². The zero-order valence-corrected chi connectivity index (χ0v) is 10.7. The van der Waals surface area contributed by atoms with E-state index in [1.165, 1.54) is 0 Å². The highest BCUT2D eigenvalue weighted by atomic mass is 16.5. The molecule has 0 saturated carbocycles. The van der Waals surface area contributed by atoms with Crippen molar-refractivity contribution < 1.29 is 9.32 Å². The maximum atomic E-state index is 11.4. The summed E-state index contributed by atoms with van der Waals surface area (Å²) in [5.74, 6) is 0.876. The van der Waals surface area contributed by atoms with Gasteiger partial charge in [-0.1, -0.05) is 5.16 Å². The average molecular weight is 239 g/mol. The molecule has 0 aliphatic carbocycles. The Kier molecular flexibility index (Phi) is 5.15. The van der Waals surface area contributed by atoms with E-state index in [9.17, 15) is 4.79 Å². The summed E-state index contributed by atoms with van der Waals surface area (Å²) in [7, 11) is 0. The maximum absolute atomic E-state index is 11.4. The molecule has 1 aromatic rings. The lowest BCUT2D eigenvalue weighted by Gasteiger charge is -2.06. The third-order valence-electron chi connectivity index (χ3n) is 2.71. The van der Waals surface area contributed by atoms with E-state index < -0.39 is 0 Å². The molecule has 1 amide bonds. The summed E-state index contributed by atoms with van der Waals surface area (Å²) < 4.78 is 5.05. The van der Waals surface area contributed by atoms with Gasteiger partial charge in [0, 0.05) is 24.6 Å². The van der Waals surface area contributed by atoms with E-state index in [0.717, 1.165) is 29.9 Å². The van der Waals surface area contributed by atoms with E-state index in [1.807, 2.05) is 20.8 Å². The molecule has 0 spiro atoms. The number of aryl methyl sites for hydroxylation is 2. The molecule has 0 bridgehead atoms. The Bertz CT molecular complexity index is 352. The summed E-state index contributed by atoms with van der Waals surface area (Å²) >= 11 is 0. The van der Waals surface area contributed by atoms with Crippen molar-refractivity contribution in [2.45, 2.75) is 46.1 Å². The van der Waals surface area contributed by atoms with Crippen molar-refractivity contribution in [3.05, 3.63) is 17.0 Å². The Hall–Kier alpha value is -1.36. The van der Waals surface area contributed by atoms with Gasteiger partial charge in [-0.05, 0) is 33.6 Å². The van der Waals surface area contributed by atoms with Gasteiger partial charge >= 0.3 is 0 Å². The van der Waals surface area contributed by atoms with Crippen LogP contribution in [0.5, 0.6) is 0 Å². The Morgan fingerprint density at radius 2 is 2.24 bits per heavy atom. The highest BCUT2D eigenvalue weighted by molar-refractivity contribution is 5.75. The standard InChI is InChI=1S/C12H21N3O2/c1-8(13)4-5-12(16)14-7-6-11-9(2)15-17-10(11)3/h8H,4-7,13H2,1-3H3,(H,14,16). The fourth-order valence-electron chi connectivity index (χ4n) is 1.63. The minimum absolute atomic E-state index is 0.0501. The van der Waals surface area contributed by atoms with Gasteiger partial charge in [-0.15, -0.1) is 0 Å². The molecule has 17 heavy (non-hydrogen) atoms. The predicted molar refractivity (Wildman–Crippen MR) is 65.6 cm³/mol. The molecular formula is C12H21N3O2. The first-order valence-corrected chi connectivity index (χ1v) is 5.94. The molecular weight excluding hydrogens is 218 g/mol. The van der Waals surface area contributed by atoms with Gasteiger partial charge in [-0.2, -0.15) is 0 Å². The third kappa shape index (κ3) is 4.56. The molecule has 5 heteroatoms. The lowest BCUT2D eigenvalue weighted by atomic mass is 10.1. The van der Waals surface area contributed by atoms with Gasteiger partial charge in [0.1, 0.15) is 5.76 Å². The van der Waals surface area contributed by atoms with Crippen LogP contribution in [0.2, 0.25) is 0 Å². The second-order valence-electron chi connectivity index (χ2n) is 4.42. The number of amides is 1. The molecule has 0 saturated heterocycles. The number of nitrogens with one attached hydrogen (secondary N) is 1. The van der Waals surface area contributed by atoms with Crippen LogP contribution in [0.3, 0.4) is 0 Å². The zero-order chi connectivity index (χ0) is 12.8. The fourth-order valence-corrected chi connectivity index (χ4v) is 1.63. The molecule has 0 aliphatic rings. The van der Waals surface area contributed by atoms with Crippen molar-refractivity contribution in [1.82, 2.24) is 10.5 Å². The van der Waals surface area contributed by atoms with Crippen molar-refractivity contribution in [3.63, 3.8) is 0 Å². The number of aromatic nitrogens is 1. The molecule has 1 unspecified atom stereocenters. The van der Waals surface area contributed by atoms with Crippen molar-refractivity contribution in [3.8, 4) is 0 Å². The van der Waals surface area contributed by atoms with Gasteiger partial charge in [-0.25, -0.2) is 0 Å². The lowest BCUT2D eigenvalue weighted by Crippen LogP contribution is -2.27. The number of hydrogen-bond acceptors (Lipinski definition) is 4. The second kappa shape index (κ2) is 6.39. The predicted octanol–water partition coefficient (Wildman–Crippen LogP) is 1.08. The highest BCUT2D eigenvalue weighted by Gasteiger charge is 2.09. The van der Waals surface area contributed by atoms with Crippen LogP contribution in [-0.4, -0.2) is 23.7 Å². The molecule has 0 radical (unpaired) electrons. The minimum atomic E-state index is 0.0501. The van der Waals surface area contributed by atoms with Crippen LogP contribution in [0.1, 0.15) is 36.8 Å². The van der Waals surface area contributed by atoms with Gasteiger partial charge in [0.2, 0.25) is 5.91 Å². The Labute approximate surface area is 102 Å². The normalized spacial score (nSPS) is 12.5. The summed E-state index contributed by atoms with van der Waals surface area (Å²) in [5.41, 5.74) is 7.56. The number of hydrogen-bond donors (Lipinski definition) is 2. The van der Waals surface area contributed by atoms with Gasteiger partial charge in [0.15, 0.2) is 0 Å². The van der Waals surface area contributed by atoms with Gasteiger partial charge in [0.05, 0.1) is 5.69 Å². The van der Waals surface area contributed by atoms with Crippen molar-refractivity contribution in [1.29, 1.82) is 0 Å². The number of nitrogens with two attached hydrogens (primary N) is 1. The number of nitrogens with zero attached hydrogens (tertiary/aromatic N) is 1. The molecule has 1 heterocycles. The SMILES string of the molecule is Cc1noc(C)c1CCNC(=O)CCC(C)N. The summed E-state index contributed by atoms with van der Waals surface area (Å²) in [4.78, 5) is 11.4. The van der Waals surface area contributed by atoms with Gasteiger partial charge in [0.25, 0.3) is 0 Å². The van der Waals surface area contributed by atoms with Gasteiger partial charge < -0.3 is 15.6 Å². The summed E-state index contributed by atoms with van der Waals surface area (Å²) in [6.45, 7) is 6.30. The first kappa shape index (κ1) is 13.7. The van der Waals surface area contributed by atoms with E-state index in [4.69, 9.17) is 10.3 Å². The molecule has 3 N–H and O–H groups in total. The Morgan fingerprint density at radius 1 is 1.53 bits per heavy atom. The molecule has 0 aliphatic heterocycles. The van der Waals surface area contributed by atoms with Crippen LogP contribution >= 0.6 is 0 Å². The Morgan fingerprint density at radius 3 is 2.76 bits per heavy atom. The lowest BCUT2D eigenvalue weighted by molar-refractivity contribution is -0.121. The molecule has 1 rings (SSSR count). The molecule has 96 valence electrons. The van der Waals surface area contributed by atoms with Crippen molar-refractivity contribution in [2.75, 3.05) is 6.54 Å². The zero-order valence-electron chi connectivity index (χ0n) is 10.7. The Balaban J connectivity index is 2.26. The van der Waals surface area contributed by atoms with Crippen LogP contribution < -0.4 is 11.1 Å². The van der Waals surface area contributed by atoms with E-state index in [1.54, 1.807) is 0 Å². The van der Waals surface area contributed by atoms with E-state index in [-0.39, 0.29) is 11.9 Å². The monoisotopic (exact) mass is 239 g/mol. The molecule has 0 fully saturated rings. The van der Waals surface area contributed by atoms with Crippen LogP contribution in [-0.2, 0) is 11.2 Å². The van der Waals surface area contributed by atoms with Crippen molar-refractivity contribution in [2.24, 2.45) is 5.73 Å². The largest absolute Gasteiger partial charge is 0.361 e. The minimum Gasteiger partial charge on any atom is -0.361 e. The molecule has 1 aromatic heterocycles. The van der Waals surface area contributed by atoms with Crippen LogP contribution in [0, 0.1) is 13.8 Å². The van der Waals surface area contributed by atoms with E-state index in [0.29, 0.717) is 13.0 Å². The smallest absolute Gasteiger partial charge is 0.220 e. The topological polar surface area (TPSA) is 81.2 Å². The van der Waals surface area contributed by atoms with E-state index in [2.05, 4.69) is 10.5 Å². The summed E-state index contributed by atoms with van der Waals surface area (Å²) in [6.07, 6.45) is 1.96. The summed E-state index contributed by atoms with van der Waals surface area (Å²) in [5, 5.41) is 6.74. The number of carbonyl (C=O) groups is 1. The number of carbonyl (C=O) groups excluding carboxylic acids is 1. The second-order valence-corrected chi connectivity index (χ2v) is 4.42. The van der Waals surface area contributed by atoms with Gasteiger partial charge in [-0.3, -0.25) is 4.79 Å².